The predicted molar refractivity (Wildman–Crippen MR) is 49.9 cm³/mol. The first-order chi connectivity index (χ1) is 10.7. The maximum Gasteiger partial charge on any atom is 0.471 e. The van der Waals surface area contributed by atoms with Crippen molar-refractivity contribution in [3.8, 4) is 0 Å². The van der Waals surface area contributed by atoms with Gasteiger partial charge >= 0.3 is 48.2 Å². The highest BCUT2D eigenvalue weighted by molar-refractivity contribution is 5.76. The normalized spacial score (nSPS) is 15.6. The maximum atomic E-state index is 13.3. The van der Waals surface area contributed by atoms with E-state index in [4.69, 9.17) is 5.11 Å². The van der Waals surface area contributed by atoms with Gasteiger partial charge in [-0.15, -0.1) is 0 Å². The molecule has 0 radical (unpaired) electrons. The van der Waals surface area contributed by atoms with Crippen LogP contribution in [-0.2, 0) is 14.3 Å². The van der Waals surface area contributed by atoms with Crippen LogP contribution >= 0.6 is 0 Å². The first kappa shape index (κ1) is 26.3. The second kappa shape index (κ2) is 7.33. The summed E-state index contributed by atoms with van der Waals surface area (Å²) in [5.41, 5.74) is 0. The molecule has 0 aromatic carbocycles. The topological polar surface area (TPSA) is 90.8 Å². The van der Waals surface area contributed by atoms with Crippen LogP contribution in [0.1, 0.15) is 0 Å². The molecule has 4 N–H and O–H groups in total. The number of hydrogen-bond donors (Lipinski definition) is 2. The molecule has 0 aromatic heterocycles. The van der Waals surface area contributed by atoms with Crippen molar-refractivity contribution in [1.82, 2.24) is 6.15 Å². The lowest BCUT2D eigenvalue weighted by atomic mass is 10.2. The molecule has 0 rings (SSSR count). The van der Waals surface area contributed by atoms with E-state index in [1.165, 1.54) is 0 Å². The Hall–Kier alpha value is -1.98. The molecule has 1 unspecified atom stereocenters. The van der Waals surface area contributed by atoms with Gasteiger partial charge in [0.2, 0.25) is 0 Å². The number of hydrogen-bond acceptors (Lipinski definition) is 4. The van der Waals surface area contributed by atoms with Crippen LogP contribution < -0.4 is 6.15 Å². The van der Waals surface area contributed by atoms with Gasteiger partial charge in [-0.2, -0.15) is 57.1 Å². The molecule has 0 saturated carbocycles. The van der Waals surface area contributed by atoms with E-state index in [9.17, 15) is 61.9 Å². The van der Waals surface area contributed by atoms with E-state index in [2.05, 4.69) is 0 Å². The van der Waals surface area contributed by atoms with Crippen molar-refractivity contribution in [1.29, 1.82) is 0 Å². The Kier molecular flexibility index (Phi) is 7.40. The molecule has 0 aromatic rings. The summed E-state index contributed by atoms with van der Waals surface area (Å²) in [5, 5.41) is 7.70. The van der Waals surface area contributed by atoms with Crippen molar-refractivity contribution in [2.45, 2.75) is 30.2 Å². The first-order valence-corrected chi connectivity index (χ1v) is 4.95. The van der Waals surface area contributed by atoms with Gasteiger partial charge in [-0.3, -0.25) is 4.74 Å². The van der Waals surface area contributed by atoms with Gasteiger partial charge in [-0.1, -0.05) is 0 Å². The molecule has 0 aliphatic heterocycles. The van der Waals surface area contributed by atoms with Gasteiger partial charge in [0.1, 0.15) is 0 Å². The number of halogens is 13. The Morgan fingerprint density at radius 3 is 1.42 bits per heavy atom. The molecular weight excluding hydrogens is 421 g/mol. The molecule has 5 nitrogen and oxygen atoms in total. The highest BCUT2D eigenvalue weighted by atomic mass is 19.4. The summed E-state index contributed by atoms with van der Waals surface area (Å²) in [6, 6.07) is -3.90. The molecule has 0 fully saturated rings. The second-order valence-corrected chi connectivity index (χ2v) is 3.74. The SMILES string of the molecule is N.O=C(O)C(F)(F)C(F)(F)OC(F)(C(F)(F)F)C(F)(F)OC(F)=C(F)F. The quantitative estimate of drug-likeness (QED) is 0.468. The largest absolute Gasteiger partial charge is 0.477 e. The highest BCUT2D eigenvalue weighted by Gasteiger charge is 2.82. The molecular formula is C8H4F13NO4. The predicted octanol–water partition coefficient (Wildman–Crippen LogP) is 4.35. The molecule has 0 heterocycles. The lowest BCUT2D eigenvalue weighted by molar-refractivity contribution is -0.513. The lowest BCUT2D eigenvalue weighted by Gasteiger charge is -2.36. The van der Waals surface area contributed by atoms with Gasteiger partial charge in [-0.05, 0) is 0 Å². The van der Waals surface area contributed by atoms with Gasteiger partial charge in [0, 0.05) is 0 Å². The van der Waals surface area contributed by atoms with E-state index in [1.807, 2.05) is 4.74 Å². The van der Waals surface area contributed by atoms with E-state index >= 15 is 0 Å². The molecule has 18 heteroatoms. The van der Waals surface area contributed by atoms with Crippen LogP contribution in [-0.4, -0.2) is 41.2 Å². The third-order valence-electron chi connectivity index (χ3n) is 2.01. The van der Waals surface area contributed by atoms with Crippen molar-refractivity contribution in [3.63, 3.8) is 0 Å². The van der Waals surface area contributed by atoms with E-state index in [1.54, 1.807) is 4.74 Å². The fraction of sp³-hybridized carbons (Fsp3) is 0.625. The zero-order chi connectivity index (χ0) is 20.6. The highest BCUT2D eigenvalue weighted by Crippen LogP contribution is 2.52. The van der Waals surface area contributed by atoms with Crippen molar-refractivity contribution < 1.29 is 76.5 Å². The van der Waals surface area contributed by atoms with Gasteiger partial charge in [0.25, 0.3) is 0 Å². The molecule has 156 valence electrons. The molecule has 0 bridgehead atoms. The Morgan fingerprint density at radius 1 is 0.769 bits per heavy atom. The van der Waals surface area contributed by atoms with Crippen molar-refractivity contribution >= 4 is 5.97 Å². The standard InChI is InChI=1S/C8HF13O4.H3N/c9-1(10)2(11)24-8(20,21)5(14,6(15,16)17)25-7(18,19)4(12,13)3(22)23;/h(H,22,23);1H3. The van der Waals surface area contributed by atoms with E-state index < -0.39 is 48.2 Å². The summed E-state index contributed by atoms with van der Waals surface area (Å²) in [5.74, 6) is -18.0. The number of alkyl halides is 10. The molecule has 0 spiro atoms. The smallest absolute Gasteiger partial charge is 0.471 e. The zero-order valence-electron chi connectivity index (χ0n) is 11.3. The van der Waals surface area contributed by atoms with Crippen LogP contribution in [0.3, 0.4) is 0 Å². The van der Waals surface area contributed by atoms with E-state index in [0.29, 0.717) is 0 Å². The molecule has 0 aliphatic carbocycles. The summed E-state index contributed by atoms with van der Waals surface area (Å²) in [4.78, 5) is 9.82. The third kappa shape index (κ3) is 4.59. The fourth-order valence-electron chi connectivity index (χ4n) is 0.864. The minimum atomic E-state index is -7.43. The number of rotatable bonds is 7. The average molecular weight is 425 g/mol. The van der Waals surface area contributed by atoms with Crippen molar-refractivity contribution in [3.05, 3.63) is 12.1 Å². The molecule has 0 aliphatic rings. The van der Waals surface area contributed by atoms with Gasteiger partial charge in [-0.25, -0.2) is 4.79 Å². The Morgan fingerprint density at radius 2 is 1.15 bits per heavy atom. The molecule has 0 amide bonds. The Bertz CT molecular complexity index is 555. The van der Waals surface area contributed by atoms with Crippen molar-refractivity contribution in [2.75, 3.05) is 0 Å². The second-order valence-electron chi connectivity index (χ2n) is 3.74. The summed E-state index contributed by atoms with van der Waals surface area (Å²) in [6.45, 7) is 0. The van der Waals surface area contributed by atoms with Gasteiger partial charge in [0.15, 0.2) is 0 Å². The van der Waals surface area contributed by atoms with Gasteiger partial charge < -0.3 is 16.0 Å². The van der Waals surface area contributed by atoms with Crippen LogP contribution in [0.15, 0.2) is 12.1 Å². The Labute approximate surface area is 132 Å². The lowest BCUT2D eigenvalue weighted by Crippen LogP contribution is -2.64. The summed E-state index contributed by atoms with van der Waals surface area (Å²) < 4.78 is 165. The number of ether oxygens (including phenoxy) is 2. The summed E-state index contributed by atoms with van der Waals surface area (Å²) in [7, 11) is 0. The zero-order valence-corrected chi connectivity index (χ0v) is 11.3. The van der Waals surface area contributed by atoms with Crippen LogP contribution in [0.4, 0.5) is 57.1 Å². The number of carbonyl (C=O) groups is 1. The fourth-order valence-corrected chi connectivity index (χ4v) is 0.864. The molecule has 1 atom stereocenters. The molecule has 26 heavy (non-hydrogen) atoms. The summed E-state index contributed by atoms with van der Waals surface area (Å²) >= 11 is 0. The maximum absolute atomic E-state index is 13.3. The number of aliphatic carboxylic acids is 1. The Balaban J connectivity index is 0. The average Bonchev–Trinajstić information content (AvgIpc) is 2.35. The minimum absolute atomic E-state index is 0. The van der Waals surface area contributed by atoms with Crippen LogP contribution in [0, 0.1) is 0 Å². The molecule has 0 saturated heterocycles. The number of carboxylic acids is 1. The van der Waals surface area contributed by atoms with Crippen LogP contribution in [0.2, 0.25) is 0 Å². The van der Waals surface area contributed by atoms with E-state index in [0.717, 1.165) is 0 Å². The summed E-state index contributed by atoms with van der Waals surface area (Å²) in [6.07, 6.45) is -25.6. The number of carboxylic acid groups (broad SMARTS) is 1. The van der Waals surface area contributed by atoms with Gasteiger partial charge in [0.05, 0.1) is 0 Å². The third-order valence-corrected chi connectivity index (χ3v) is 2.01. The van der Waals surface area contributed by atoms with Crippen LogP contribution in [0.25, 0.3) is 0 Å². The first-order valence-electron chi connectivity index (χ1n) is 4.95. The van der Waals surface area contributed by atoms with Crippen LogP contribution in [0.5, 0.6) is 0 Å². The van der Waals surface area contributed by atoms with E-state index in [-0.39, 0.29) is 6.15 Å². The minimum Gasteiger partial charge on any atom is -0.477 e. The monoisotopic (exact) mass is 425 g/mol. The van der Waals surface area contributed by atoms with Crippen molar-refractivity contribution in [2.24, 2.45) is 0 Å².